The molecule has 3 aliphatic heterocycles. The van der Waals surface area contributed by atoms with Gasteiger partial charge in [0, 0.05) is 26.7 Å². The van der Waals surface area contributed by atoms with Crippen molar-refractivity contribution in [3.8, 4) is 0 Å². The van der Waals surface area contributed by atoms with Gasteiger partial charge in [0.25, 0.3) is 0 Å². The van der Waals surface area contributed by atoms with E-state index in [-0.39, 0.29) is 23.8 Å². The van der Waals surface area contributed by atoms with Crippen molar-refractivity contribution in [2.24, 2.45) is 22.7 Å². The summed E-state index contributed by atoms with van der Waals surface area (Å²) in [4.78, 5) is 22.8. The van der Waals surface area contributed by atoms with Crippen LogP contribution in [0.1, 0.15) is 59.8 Å². The number of carbonyl (C=O) groups is 1. The van der Waals surface area contributed by atoms with Crippen molar-refractivity contribution in [2.75, 3.05) is 33.3 Å². The summed E-state index contributed by atoms with van der Waals surface area (Å²) in [5, 5.41) is 0. The molecule has 168 valence electrons. The molecule has 0 aromatic carbocycles. The Morgan fingerprint density at radius 2 is 1.97 bits per heavy atom. The molecule has 0 bridgehead atoms. The van der Waals surface area contributed by atoms with Crippen LogP contribution in [-0.2, 0) is 9.53 Å². The van der Waals surface area contributed by atoms with Gasteiger partial charge in [0.1, 0.15) is 5.84 Å². The Balaban J connectivity index is 1.66. The number of hydrogen-bond donors (Lipinski definition) is 0. The second kappa shape index (κ2) is 10.1. The molecule has 0 N–H and O–H groups in total. The lowest BCUT2D eigenvalue weighted by Gasteiger charge is -2.36. The highest BCUT2D eigenvalue weighted by molar-refractivity contribution is 5.97. The Morgan fingerprint density at radius 3 is 2.53 bits per heavy atom. The van der Waals surface area contributed by atoms with E-state index in [1.807, 2.05) is 14.0 Å². The van der Waals surface area contributed by atoms with Crippen molar-refractivity contribution in [3.63, 3.8) is 0 Å². The maximum Gasteiger partial charge on any atom is 0.230 e. The smallest absolute Gasteiger partial charge is 0.230 e. The highest BCUT2D eigenvalue weighted by Gasteiger charge is 2.37. The zero-order valence-corrected chi connectivity index (χ0v) is 19.7. The number of amides is 1. The van der Waals surface area contributed by atoms with E-state index in [4.69, 9.17) is 9.73 Å². The van der Waals surface area contributed by atoms with Gasteiger partial charge < -0.3 is 14.5 Å². The molecule has 3 atom stereocenters. The van der Waals surface area contributed by atoms with Gasteiger partial charge in [0.05, 0.1) is 24.6 Å². The summed E-state index contributed by atoms with van der Waals surface area (Å²) in [7, 11) is 1.83. The van der Waals surface area contributed by atoms with Gasteiger partial charge in [-0.15, -0.1) is 0 Å². The number of carbonyl (C=O) groups excluding carboxylic acids is 1. The fourth-order valence-electron chi connectivity index (χ4n) is 5.60. The van der Waals surface area contributed by atoms with Gasteiger partial charge in [-0.2, -0.15) is 0 Å². The minimum Gasteiger partial charge on any atom is -0.381 e. The van der Waals surface area contributed by atoms with Crippen LogP contribution in [0.3, 0.4) is 0 Å². The zero-order chi connectivity index (χ0) is 21.8. The largest absolute Gasteiger partial charge is 0.381 e. The fraction of sp³-hybridized carbons (Fsp3) is 0.760. The van der Waals surface area contributed by atoms with Crippen LogP contribution < -0.4 is 0 Å². The second-order valence-corrected chi connectivity index (χ2v) is 9.66. The van der Waals surface area contributed by atoms with Crippen LogP contribution >= 0.6 is 0 Å². The van der Waals surface area contributed by atoms with E-state index in [0.29, 0.717) is 18.6 Å². The van der Waals surface area contributed by atoms with Gasteiger partial charge in [0.2, 0.25) is 5.91 Å². The fourth-order valence-corrected chi connectivity index (χ4v) is 5.60. The van der Waals surface area contributed by atoms with E-state index in [1.54, 1.807) is 0 Å². The van der Waals surface area contributed by atoms with E-state index >= 15 is 0 Å². The summed E-state index contributed by atoms with van der Waals surface area (Å²) in [6, 6.07) is 0.201. The number of nitrogens with zero attached hydrogens (tertiary/aromatic N) is 3. The van der Waals surface area contributed by atoms with Crippen LogP contribution in [0.4, 0.5) is 0 Å². The lowest BCUT2D eigenvalue weighted by atomic mass is 9.86. The molecule has 1 amide bonds. The molecule has 0 aromatic heterocycles. The van der Waals surface area contributed by atoms with Crippen LogP contribution in [0.15, 0.2) is 28.8 Å². The van der Waals surface area contributed by atoms with Crippen LogP contribution in [0.25, 0.3) is 0 Å². The molecule has 0 saturated carbocycles. The molecule has 30 heavy (non-hydrogen) atoms. The van der Waals surface area contributed by atoms with Crippen molar-refractivity contribution in [2.45, 2.75) is 71.9 Å². The summed E-state index contributed by atoms with van der Waals surface area (Å²) in [6.07, 6.45) is 8.07. The second-order valence-electron chi connectivity index (χ2n) is 9.66. The van der Waals surface area contributed by atoms with Gasteiger partial charge in [0.15, 0.2) is 0 Å². The topological polar surface area (TPSA) is 45.1 Å². The average molecular weight is 416 g/mol. The molecule has 3 aliphatic rings. The lowest BCUT2D eigenvalue weighted by molar-refractivity contribution is -0.135. The normalized spacial score (nSPS) is 24.8. The SMILES string of the molecule is C=C(C)C1CCCN1C(=O)C(C1=CC(N2CCC(C(CC)OC)CC2)=NC1)C(C)C. The number of piperidine rings is 1. The van der Waals surface area contributed by atoms with Gasteiger partial charge in [-0.25, -0.2) is 0 Å². The molecule has 0 aliphatic carbocycles. The minimum atomic E-state index is -0.0818. The Morgan fingerprint density at radius 1 is 1.27 bits per heavy atom. The third-order valence-corrected chi connectivity index (χ3v) is 7.27. The van der Waals surface area contributed by atoms with Crippen LogP contribution in [-0.4, -0.2) is 67.0 Å². The van der Waals surface area contributed by atoms with Gasteiger partial charge in [-0.05, 0) is 62.5 Å². The molecule has 0 spiro atoms. The first-order valence-corrected chi connectivity index (χ1v) is 11.9. The van der Waals surface area contributed by atoms with Gasteiger partial charge >= 0.3 is 0 Å². The van der Waals surface area contributed by atoms with E-state index < -0.39 is 0 Å². The average Bonchev–Trinajstić information content (AvgIpc) is 3.39. The van der Waals surface area contributed by atoms with Crippen molar-refractivity contribution >= 4 is 11.7 Å². The molecule has 0 radical (unpaired) electrons. The molecule has 3 rings (SSSR count). The molecule has 0 aromatic rings. The van der Waals surface area contributed by atoms with Crippen molar-refractivity contribution in [3.05, 3.63) is 23.8 Å². The van der Waals surface area contributed by atoms with Crippen molar-refractivity contribution < 1.29 is 9.53 Å². The molecule has 3 unspecified atom stereocenters. The quantitative estimate of drug-likeness (QED) is 0.582. The number of rotatable bonds is 7. The van der Waals surface area contributed by atoms with E-state index in [9.17, 15) is 4.79 Å². The molecule has 5 heteroatoms. The Labute approximate surface area is 183 Å². The summed E-state index contributed by atoms with van der Waals surface area (Å²) in [5.41, 5.74) is 2.29. The molecule has 2 fully saturated rings. The highest BCUT2D eigenvalue weighted by atomic mass is 16.5. The van der Waals surface area contributed by atoms with E-state index in [1.165, 1.54) is 5.57 Å². The summed E-state index contributed by atoms with van der Waals surface area (Å²) in [6.45, 7) is 16.3. The number of methoxy groups -OCH3 is 1. The van der Waals surface area contributed by atoms with Crippen LogP contribution in [0, 0.1) is 17.8 Å². The third-order valence-electron chi connectivity index (χ3n) is 7.27. The van der Waals surface area contributed by atoms with E-state index in [2.05, 4.69) is 43.2 Å². The standard InChI is InChI=1S/C25H41N3O2/c1-7-22(30-6)19-10-13-27(14-11-19)23-15-20(16-26-23)24(18(4)5)25(29)28-12-8-9-21(28)17(2)3/h15,18-19,21-22,24H,2,7-14,16H2,1,3-6H3. The number of amidine groups is 1. The summed E-state index contributed by atoms with van der Waals surface area (Å²) < 4.78 is 5.67. The monoisotopic (exact) mass is 415 g/mol. The number of ether oxygens (including phenoxy) is 1. The maximum absolute atomic E-state index is 13.5. The first-order chi connectivity index (χ1) is 14.4. The molecule has 3 heterocycles. The van der Waals surface area contributed by atoms with Crippen molar-refractivity contribution in [1.82, 2.24) is 9.80 Å². The van der Waals surface area contributed by atoms with E-state index in [0.717, 1.165) is 63.1 Å². The number of aliphatic imine (C=N–C) groups is 1. The zero-order valence-electron chi connectivity index (χ0n) is 19.7. The first kappa shape index (κ1) is 23.1. The Bertz CT molecular complexity index is 685. The Hall–Kier alpha value is -1.62. The maximum atomic E-state index is 13.5. The summed E-state index contributed by atoms with van der Waals surface area (Å²) >= 11 is 0. The molecular formula is C25H41N3O2. The lowest BCUT2D eigenvalue weighted by Crippen LogP contribution is -2.42. The highest BCUT2D eigenvalue weighted by Crippen LogP contribution is 2.32. The molecule has 5 nitrogen and oxygen atoms in total. The van der Waals surface area contributed by atoms with Gasteiger partial charge in [-0.1, -0.05) is 32.9 Å². The Kier molecular flexibility index (Phi) is 7.78. The van der Waals surface area contributed by atoms with Crippen molar-refractivity contribution in [1.29, 1.82) is 0 Å². The van der Waals surface area contributed by atoms with Crippen LogP contribution in [0.5, 0.6) is 0 Å². The number of hydrogen-bond acceptors (Lipinski definition) is 4. The predicted molar refractivity (Wildman–Crippen MR) is 124 cm³/mol. The predicted octanol–water partition coefficient (Wildman–Crippen LogP) is 4.30. The molecule has 2 saturated heterocycles. The molecular weight excluding hydrogens is 374 g/mol. The third kappa shape index (κ3) is 4.82. The first-order valence-electron chi connectivity index (χ1n) is 11.9. The minimum absolute atomic E-state index is 0.0818. The number of likely N-dealkylation sites (tertiary alicyclic amines) is 2. The summed E-state index contributed by atoms with van der Waals surface area (Å²) in [5.74, 6) is 2.16. The van der Waals surface area contributed by atoms with Crippen LogP contribution in [0.2, 0.25) is 0 Å². The van der Waals surface area contributed by atoms with Gasteiger partial charge in [-0.3, -0.25) is 9.79 Å².